The molecule has 3 rings (SSSR count). The van der Waals surface area contributed by atoms with Crippen LogP contribution in [0.25, 0.3) is 0 Å². The lowest BCUT2D eigenvalue weighted by Crippen LogP contribution is -2.45. The fourth-order valence-electron chi connectivity index (χ4n) is 3.71. The normalized spacial score (nSPS) is 18.4. The number of ether oxygens (including phenoxy) is 1. The van der Waals surface area contributed by atoms with Gasteiger partial charge in [-0.05, 0) is 56.9 Å². The zero-order chi connectivity index (χ0) is 21.7. The van der Waals surface area contributed by atoms with E-state index in [4.69, 9.17) is 4.74 Å². The van der Waals surface area contributed by atoms with Crippen LogP contribution in [0.2, 0.25) is 0 Å². The monoisotopic (exact) mass is 412 g/mol. The zero-order valence-corrected chi connectivity index (χ0v) is 18.5. The van der Waals surface area contributed by atoms with Crippen molar-refractivity contribution >= 4 is 23.5 Å². The molecule has 1 aliphatic rings. The molecule has 0 saturated heterocycles. The molecule has 30 heavy (non-hydrogen) atoms. The summed E-state index contributed by atoms with van der Waals surface area (Å²) in [5.74, 6) is 2.36. The van der Waals surface area contributed by atoms with E-state index in [2.05, 4.69) is 20.6 Å². The molecule has 1 fully saturated rings. The number of hydrogen-bond acceptors (Lipinski definition) is 6. The van der Waals surface area contributed by atoms with Gasteiger partial charge in [-0.15, -0.1) is 0 Å². The van der Waals surface area contributed by atoms with Crippen LogP contribution in [0.5, 0.6) is 5.75 Å². The molecule has 8 nitrogen and oxygen atoms in total. The Morgan fingerprint density at radius 1 is 1.07 bits per heavy atom. The van der Waals surface area contributed by atoms with Gasteiger partial charge in [-0.25, -0.2) is 9.78 Å². The lowest BCUT2D eigenvalue weighted by Gasteiger charge is -2.31. The number of amides is 2. The summed E-state index contributed by atoms with van der Waals surface area (Å²) in [5, 5.41) is 6.60. The van der Waals surface area contributed by atoms with Crippen LogP contribution in [0.3, 0.4) is 0 Å². The van der Waals surface area contributed by atoms with E-state index in [1.165, 1.54) is 0 Å². The van der Waals surface area contributed by atoms with Gasteiger partial charge in [0.25, 0.3) is 0 Å². The third kappa shape index (κ3) is 5.31. The molecule has 162 valence electrons. The minimum atomic E-state index is -0.0888. The fourth-order valence-corrected chi connectivity index (χ4v) is 3.71. The number of nitrogens with one attached hydrogen (secondary N) is 2. The number of hydrogen-bond donors (Lipinski definition) is 2. The summed E-state index contributed by atoms with van der Waals surface area (Å²) in [6.07, 6.45) is 5.63. The number of aryl methyl sites for hydroxylation is 1. The number of rotatable bonds is 6. The molecule has 1 aromatic carbocycles. The highest BCUT2D eigenvalue weighted by Crippen LogP contribution is 2.24. The quantitative estimate of drug-likeness (QED) is 0.756. The lowest BCUT2D eigenvalue weighted by atomic mass is 9.91. The van der Waals surface area contributed by atoms with Crippen LogP contribution in [0.4, 0.5) is 22.2 Å². The summed E-state index contributed by atoms with van der Waals surface area (Å²) >= 11 is 0. The molecule has 0 radical (unpaired) electrons. The Bertz CT molecular complexity index is 847. The maximum atomic E-state index is 12.6. The molecular formula is C22H32N6O2. The van der Waals surface area contributed by atoms with Crippen molar-refractivity contribution in [3.05, 3.63) is 36.0 Å². The summed E-state index contributed by atoms with van der Waals surface area (Å²) < 4.78 is 5.17. The molecule has 0 bridgehead atoms. The van der Waals surface area contributed by atoms with Crippen molar-refractivity contribution in [2.24, 2.45) is 0 Å². The van der Waals surface area contributed by atoms with E-state index in [-0.39, 0.29) is 12.1 Å². The van der Waals surface area contributed by atoms with Gasteiger partial charge in [0.05, 0.1) is 7.11 Å². The predicted molar refractivity (Wildman–Crippen MR) is 121 cm³/mol. The van der Waals surface area contributed by atoms with Crippen molar-refractivity contribution in [2.75, 3.05) is 43.4 Å². The molecule has 1 aliphatic carbocycles. The molecule has 2 N–H and O–H groups in total. The standard InChI is InChI=1S/C22H32N6O2/c1-15-14-23-21(26-20(15)27(2)3)24-16-6-8-17(9-7-16)25-22(29)28(4)18-10-12-19(30-5)13-11-18/h10-14,16-17H,6-9H2,1-5H3,(H,25,29)(H,23,24,26). The van der Waals surface area contributed by atoms with Gasteiger partial charge in [0.15, 0.2) is 0 Å². The van der Waals surface area contributed by atoms with Crippen LogP contribution in [0.15, 0.2) is 30.5 Å². The van der Waals surface area contributed by atoms with Gasteiger partial charge in [0.2, 0.25) is 5.95 Å². The number of aromatic nitrogens is 2. The summed E-state index contributed by atoms with van der Waals surface area (Å²) in [7, 11) is 7.37. The van der Waals surface area contributed by atoms with Crippen LogP contribution in [-0.2, 0) is 0 Å². The van der Waals surface area contributed by atoms with E-state index in [0.717, 1.165) is 48.5 Å². The first-order valence-electron chi connectivity index (χ1n) is 10.3. The number of carbonyl (C=O) groups excluding carboxylic acids is 1. The van der Waals surface area contributed by atoms with Crippen molar-refractivity contribution in [2.45, 2.75) is 44.7 Å². The number of nitrogens with zero attached hydrogens (tertiary/aromatic N) is 4. The van der Waals surface area contributed by atoms with Crippen molar-refractivity contribution in [1.29, 1.82) is 0 Å². The number of benzene rings is 1. The molecule has 0 atom stereocenters. The summed E-state index contributed by atoms with van der Waals surface area (Å²) in [4.78, 5) is 25.3. The number of methoxy groups -OCH3 is 1. The van der Waals surface area contributed by atoms with E-state index >= 15 is 0 Å². The van der Waals surface area contributed by atoms with Crippen LogP contribution < -0.4 is 25.2 Å². The largest absolute Gasteiger partial charge is 0.497 e. The van der Waals surface area contributed by atoms with E-state index in [1.54, 1.807) is 19.1 Å². The van der Waals surface area contributed by atoms with Gasteiger partial charge in [0.1, 0.15) is 11.6 Å². The first-order valence-corrected chi connectivity index (χ1v) is 10.3. The van der Waals surface area contributed by atoms with Crippen molar-refractivity contribution < 1.29 is 9.53 Å². The smallest absolute Gasteiger partial charge is 0.321 e. The molecule has 0 aliphatic heterocycles. The summed E-state index contributed by atoms with van der Waals surface area (Å²) in [5.41, 5.74) is 1.88. The Hall–Kier alpha value is -3.03. The highest BCUT2D eigenvalue weighted by molar-refractivity contribution is 5.91. The molecule has 1 saturated carbocycles. The van der Waals surface area contributed by atoms with Crippen molar-refractivity contribution in [1.82, 2.24) is 15.3 Å². The Balaban J connectivity index is 1.49. The highest BCUT2D eigenvalue weighted by Gasteiger charge is 2.24. The number of anilines is 3. The van der Waals surface area contributed by atoms with Crippen molar-refractivity contribution in [3.8, 4) is 5.75 Å². The molecule has 0 spiro atoms. The second kappa shape index (κ2) is 9.65. The van der Waals surface area contributed by atoms with Gasteiger partial charge < -0.3 is 20.3 Å². The molecule has 8 heteroatoms. The summed E-state index contributed by atoms with van der Waals surface area (Å²) in [6.45, 7) is 2.01. The Kier molecular flexibility index (Phi) is 6.97. The second-order valence-corrected chi connectivity index (χ2v) is 7.99. The van der Waals surface area contributed by atoms with Gasteiger partial charge in [-0.3, -0.25) is 4.90 Å². The number of urea groups is 1. The molecular weight excluding hydrogens is 380 g/mol. The average Bonchev–Trinajstić information content (AvgIpc) is 2.75. The third-order valence-electron chi connectivity index (χ3n) is 5.52. The zero-order valence-electron chi connectivity index (χ0n) is 18.5. The molecule has 1 heterocycles. The highest BCUT2D eigenvalue weighted by atomic mass is 16.5. The summed E-state index contributed by atoms with van der Waals surface area (Å²) in [6, 6.07) is 7.86. The van der Waals surface area contributed by atoms with Gasteiger partial charge in [-0.1, -0.05) is 0 Å². The number of carbonyl (C=O) groups is 1. The van der Waals surface area contributed by atoms with Gasteiger partial charge in [0, 0.05) is 50.7 Å². The minimum Gasteiger partial charge on any atom is -0.497 e. The van der Waals surface area contributed by atoms with E-state index in [9.17, 15) is 4.79 Å². The Labute approximate surface area is 178 Å². The molecule has 0 unspecified atom stereocenters. The van der Waals surface area contributed by atoms with Gasteiger partial charge >= 0.3 is 6.03 Å². The second-order valence-electron chi connectivity index (χ2n) is 7.99. The van der Waals surface area contributed by atoms with E-state index in [1.807, 2.05) is 56.4 Å². The molecule has 1 aromatic heterocycles. The first-order chi connectivity index (χ1) is 14.4. The third-order valence-corrected chi connectivity index (χ3v) is 5.52. The van der Waals surface area contributed by atoms with Crippen molar-refractivity contribution in [3.63, 3.8) is 0 Å². The maximum absolute atomic E-state index is 12.6. The van der Waals surface area contributed by atoms with Crippen LogP contribution in [0.1, 0.15) is 31.2 Å². The SMILES string of the molecule is COc1ccc(N(C)C(=O)NC2CCC(Nc3ncc(C)c(N(C)C)n3)CC2)cc1. The lowest BCUT2D eigenvalue weighted by molar-refractivity contribution is 0.238. The van der Waals surface area contributed by atoms with Crippen LogP contribution in [-0.4, -0.2) is 56.3 Å². The average molecular weight is 413 g/mol. The minimum absolute atomic E-state index is 0.0888. The fraction of sp³-hybridized carbons (Fsp3) is 0.500. The Morgan fingerprint density at radius 3 is 2.30 bits per heavy atom. The van der Waals surface area contributed by atoms with Crippen LogP contribution >= 0.6 is 0 Å². The topological polar surface area (TPSA) is 82.6 Å². The predicted octanol–water partition coefficient (Wildman–Crippen LogP) is 3.43. The molecule has 2 aromatic rings. The van der Waals surface area contributed by atoms with Gasteiger partial charge in [-0.2, -0.15) is 4.98 Å². The van der Waals surface area contributed by atoms with E-state index in [0.29, 0.717) is 12.0 Å². The van der Waals surface area contributed by atoms with Crippen LogP contribution in [0, 0.1) is 6.92 Å². The maximum Gasteiger partial charge on any atom is 0.321 e. The van der Waals surface area contributed by atoms with E-state index < -0.39 is 0 Å². The first kappa shape index (κ1) is 21.7. The molecule has 2 amide bonds. The Morgan fingerprint density at radius 2 is 1.70 bits per heavy atom.